The van der Waals surface area contributed by atoms with Crippen LogP contribution in [-0.4, -0.2) is 6.54 Å². The van der Waals surface area contributed by atoms with E-state index in [-0.39, 0.29) is 0 Å². The topological polar surface area (TPSA) is 3.24 Å². The van der Waals surface area contributed by atoms with Crippen molar-refractivity contribution < 1.29 is 0 Å². The molecular weight excluding hydrogens is 298 g/mol. The van der Waals surface area contributed by atoms with Crippen molar-refractivity contribution in [2.24, 2.45) is 5.92 Å². The van der Waals surface area contributed by atoms with Crippen molar-refractivity contribution in [3.8, 4) is 0 Å². The van der Waals surface area contributed by atoms with Gasteiger partial charge < -0.3 is 4.90 Å². The van der Waals surface area contributed by atoms with Crippen LogP contribution >= 0.6 is 15.9 Å². The van der Waals surface area contributed by atoms with Gasteiger partial charge in [-0.05, 0) is 35.6 Å². The summed E-state index contributed by atoms with van der Waals surface area (Å²) in [7, 11) is 0. The van der Waals surface area contributed by atoms with Gasteiger partial charge in [0.25, 0.3) is 0 Å². The minimum atomic E-state index is 0.693. The molecule has 0 saturated carbocycles. The van der Waals surface area contributed by atoms with E-state index >= 15 is 0 Å². The van der Waals surface area contributed by atoms with Gasteiger partial charge in [-0.3, -0.25) is 0 Å². The Hall–Kier alpha value is -1.28. The normalized spacial score (nSPS) is 18.2. The van der Waals surface area contributed by atoms with E-state index in [2.05, 4.69) is 76.3 Å². The maximum atomic E-state index is 3.60. The average Bonchev–Trinajstić information content (AvgIpc) is 2.46. The van der Waals surface area contributed by atoms with Crippen LogP contribution in [-0.2, 0) is 11.8 Å². The van der Waals surface area contributed by atoms with E-state index in [1.165, 1.54) is 28.9 Å². The molecule has 0 bridgehead atoms. The van der Waals surface area contributed by atoms with Crippen LogP contribution in [0.5, 0.6) is 0 Å². The van der Waals surface area contributed by atoms with Crippen LogP contribution in [0.1, 0.15) is 18.1 Å². The molecule has 0 aliphatic carbocycles. The molecule has 2 aromatic carbocycles. The zero-order chi connectivity index (χ0) is 13.2. The van der Waals surface area contributed by atoms with Crippen molar-refractivity contribution in [3.05, 3.63) is 59.7 Å². The summed E-state index contributed by atoms with van der Waals surface area (Å²) in [5, 5.41) is 0.899. The zero-order valence-electron chi connectivity index (χ0n) is 11.1. The van der Waals surface area contributed by atoms with Gasteiger partial charge in [0.05, 0.1) is 0 Å². The molecule has 2 aromatic rings. The van der Waals surface area contributed by atoms with Gasteiger partial charge >= 0.3 is 0 Å². The molecule has 3 rings (SSSR count). The third kappa shape index (κ3) is 2.42. The molecule has 1 heterocycles. The highest BCUT2D eigenvalue weighted by molar-refractivity contribution is 9.08. The molecule has 1 atom stereocenters. The molecule has 19 heavy (non-hydrogen) atoms. The van der Waals surface area contributed by atoms with Crippen LogP contribution in [0.25, 0.3) is 0 Å². The standard InChI is InChI=1S/C17H18BrN/c1-13-10-14-6-2-4-8-16(14)19(12-13)17-9-5-3-7-15(17)11-18/h2-9,13H,10-12H2,1H3. The Kier molecular flexibility index (Phi) is 3.61. The smallest absolute Gasteiger partial charge is 0.0452 e. The van der Waals surface area contributed by atoms with Gasteiger partial charge in [0.1, 0.15) is 0 Å². The Bertz CT molecular complexity index is 579. The molecule has 98 valence electrons. The molecule has 1 aliphatic heterocycles. The fourth-order valence-corrected chi connectivity index (χ4v) is 3.39. The second kappa shape index (κ2) is 5.38. The number of hydrogen-bond acceptors (Lipinski definition) is 1. The fraction of sp³-hybridized carbons (Fsp3) is 0.294. The number of anilines is 2. The Morgan fingerprint density at radius 3 is 2.53 bits per heavy atom. The molecule has 0 radical (unpaired) electrons. The SMILES string of the molecule is CC1Cc2ccccc2N(c2ccccc2CBr)C1. The summed E-state index contributed by atoms with van der Waals surface area (Å²) in [4.78, 5) is 2.47. The number of para-hydroxylation sites is 2. The highest BCUT2D eigenvalue weighted by Gasteiger charge is 2.23. The predicted molar refractivity (Wildman–Crippen MR) is 85.4 cm³/mol. The van der Waals surface area contributed by atoms with Crippen LogP contribution in [0.2, 0.25) is 0 Å². The highest BCUT2D eigenvalue weighted by Crippen LogP contribution is 2.37. The second-order valence-electron chi connectivity index (χ2n) is 5.31. The van der Waals surface area contributed by atoms with Gasteiger partial charge in [-0.2, -0.15) is 0 Å². The molecule has 1 aliphatic rings. The Morgan fingerprint density at radius 1 is 1.05 bits per heavy atom. The Labute approximate surface area is 123 Å². The molecule has 0 amide bonds. The minimum Gasteiger partial charge on any atom is -0.341 e. The summed E-state index contributed by atoms with van der Waals surface area (Å²) in [6, 6.07) is 17.4. The minimum absolute atomic E-state index is 0.693. The third-order valence-electron chi connectivity index (χ3n) is 3.77. The number of halogens is 1. The predicted octanol–water partition coefficient (Wildman–Crippen LogP) is 4.91. The molecule has 1 unspecified atom stereocenters. The van der Waals surface area contributed by atoms with E-state index in [9.17, 15) is 0 Å². The van der Waals surface area contributed by atoms with E-state index in [0.29, 0.717) is 5.92 Å². The summed E-state index contributed by atoms with van der Waals surface area (Å²) in [6.07, 6.45) is 1.18. The summed E-state index contributed by atoms with van der Waals surface area (Å²) in [5.41, 5.74) is 5.52. The molecule has 0 saturated heterocycles. The van der Waals surface area contributed by atoms with Gasteiger partial charge in [-0.1, -0.05) is 59.3 Å². The number of alkyl halides is 1. The van der Waals surface area contributed by atoms with Crippen LogP contribution in [0.15, 0.2) is 48.5 Å². The number of nitrogens with zero attached hydrogens (tertiary/aromatic N) is 1. The van der Waals surface area contributed by atoms with E-state index in [0.717, 1.165) is 11.9 Å². The van der Waals surface area contributed by atoms with Crippen molar-refractivity contribution in [1.29, 1.82) is 0 Å². The van der Waals surface area contributed by atoms with Crippen LogP contribution in [0, 0.1) is 5.92 Å². The van der Waals surface area contributed by atoms with Gasteiger partial charge in [-0.15, -0.1) is 0 Å². The number of fused-ring (bicyclic) bond motifs is 1. The number of rotatable bonds is 2. The van der Waals surface area contributed by atoms with E-state index in [4.69, 9.17) is 0 Å². The van der Waals surface area contributed by atoms with Gasteiger partial charge in [-0.25, -0.2) is 0 Å². The summed E-state index contributed by atoms with van der Waals surface area (Å²) in [5.74, 6) is 0.693. The molecule has 2 heteroatoms. The first-order chi connectivity index (χ1) is 9.29. The zero-order valence-corrected chi connectivity index (χ0v) is 12.7. The summed E-state index contributed by atoms with van der Waals surface area (Å²) < 4.78 is 0. The van der Waals surface area contributed by atoms with Crippen LogP contribution in [0.4, 0.5) is 11.4 Å². The lowest BCUT2D eigenvalue weighted by Gasteiger charge is -2.35. The van der Waals surface area contributed by atoms with Crippen molar-refractivity contribution in [2.45, 2.75) is 18.7 Å². The van der Waals surface area contributed by atoms with Crippen molar-refractivity contribution in [1.82, 2.24) is 0 Å². The number of benzene rings is 2. The van der Waals surface area contributed by atoms with Crippen LogP contribution < -0.4 is 4.90 Å². The third-order valence-corrected chi connectivity index (χ3v) is 4.38. The van der Waals surface area contributed by atoms with Gasteiger partial charge in [0.2, 0.25) is 0 Å². The van der Waals surface area contributed by atoms with Gasteiger partial charge in [0, 0.05) is 23.2 Å². The lowest BCUT2D eigenvalue weighted by Crippen LogP contribution is -2.30. The Balaban J connectivity index is 2.10. The van der Waals surface area contributed by atoms with Crippen molar-refractivity contribution in [2.75, 3.05) is 11.4 Å². The molecule has 1 nitrogen and oxygen atoms in total. The molecule has 0 N–H and O–H groups in total. The second-order valence-corrected chi connectivity index (χ2v) is 5.87. The molecule has 0 spiro atoms. The van der Waals surface area contributed by atoms with E-state index < -0.39 is 0 Å². The largest absolute Gasteiger partial charge is 0.341 e. The van der Waals surface area contributed by atoms with Crippen LogP contribution in [0.3, 0.4) is 0 Å². The first kappa shape index (κ1) is 12.7. The number of hydrogen-bond donors (Lipinski definition) is 0. The Morgan fingerprint density at radius 2 is 1.74 bits per heavy atom. The van der Waals surface area contributed by atoms with Crippen molar-refractivity contribution >= 4 is 27.3 Å². The lowest BCUT2D eigenvalue weighted by atomic mass is 9.93. The maximum absolute atomic E-state index is 3.60. The van der Waals surface area contributed by atoms with Crippen molar-refractivity contribution in [3.63, 3.8) is 0 Å². The van der Waals surface area contributed by atoms with E-state index in [1.54, 1.807) is 0 Å². The molecular formula is C17H18BrN. The van der Waals surface area contributed by atoms with E-state index in [1.807, 2.05) is 0 Å². The quantitative estimate of drug-likeness (QED) is 0.712. The fourth-order valence-electron chi connectivity index (χ4n) is 2.91. The van der Waals surface area contributed by atoms with Gasteiger partial charge in [0.15, 0.2) is 0 Å². The monoisotopic (exact) mass is 315 g/mol. The first-order valence-corrected chi connectivity index (χ1v) is 7.91. The molecule has 0 aromatic heterocycles. The highest BCUT2D eigenvalue weighted by atomic mass is 79.9. The average molecular weight is 316 g/mol. The first-order valence-electron chi connectivity index (χ1n) is 6.79. The lowest BCUT2D eigenvalue weighted by molar-refractivity contribution is 0.562. The molecule has 0 fully saturated rings. The maximum Gasteiger partial charge on any atom is 0.0452 e. The summed E-state index contributed by atoms with van der Waals surface area (Å²) in [6.45, 7) is 3.43. The summed E-state index contributed by atoms with van der Waals surface area (Å²) >= 11 is 3.60.